The van der Waals surface area contributed by atoms with Crippen molar-refractivity contribution in [3.63, 3.8) is 0 Å². The molecule has 0 aliphatic rings. The zero-order valence-electron chi connectivity index (χ0n) is 9.83. The number of nitro benzene ring substituents is 1. The van der Waals surface area contributed by atoms with Gasteiger partial charge in [-0.05, 0) is 19.5 Å². The molecule has 0 amide bonds. The number of halogens is 1. The maximum absolute atomic E-state index is 10.8. The third-order valence-corrected chi connectivity index (χ3v) is 2.70. The lowest BCUT2D eigenvalue weighted by Crippen LogP contribution is -2.20. The number of hydrogen-bond donors (Lipinski definition) is 1. The Morgan fingerprint density at radius 1 is 1.53 bits per heavy atom. The van der Waals surface area contributed by atoms with Crippen LogP contribution in [-0.2, 0) is 0 Å². The second kappa shape index (κ2) is 6.42. The zero-order chi connectivity index (χ0) is 12.8. The summed E-state index contributed by atoms with van der Waals surface area (Å²) in [6.45, 7) is 5.53. The highest BCUT2D eigenvalue weighted by Crippen LogP contribution is 2.34. The van der Waals surface area contributed by atoms with E-state index in [2.05, 4.69) is 5.32 Å². The van der Waals surface area contributed by atoms with Gasteiger partial charge in [0, 0.05) is 23.2 Å². The van der Waals surface area contributed by atoms with Crippen LogP contribution in [0.4, 0.5) is 5.69 Å². The van der Waals surface area contributed by atoms with Crippen molar-refractivity contribution in [1.29, 1.82) is 0 Å². The van der Waals surface area contributed by atoms with E-state index in [1.807, 2.05) is 6.92 Å². The Bertz CT molecular complexity index is 410. The van der Waals surface area contributed by atoms with Gasteiger partial charge < -0.3 is 10.1 Å². The van der Waals surface area contributed by atoms with Crippen molar-refractivity contribution >= 4 is 17.3 Å². The van der Waals surface area contributed by atoms with Crippen LogP contribution in [0.3, 0.4) is 0 Å². The maximum atomic E-state index is 10.8. The molecule has 0 aliphatic heterocycles. The molecular formula is C11H15ClN2O3. The topological polar surface area (TPSA) is 64.4 Å². The first-order valence-electron chi connectivity index (χ1n) is 5.35. The third-order valence-electron chi connectivity index (χ3n) is 2.29. The van der Waals surface area contributed by atoms with Crippen LogP contribution in [0.15, 0.2) is 12.1 Å². The lowest BCUT2D eigenvalue weighted by Gasteiger charge is -2.10. The van der Waals surface area contributed by atoms with E-state index < -0.39 is 4.92 Å². The standard InChI is InChI=1S/C11H15ClN2O3/c1-3-13-6-7-17-11-8(2)9(12)4-5-10(11)14(15)16/h4-5,13H,3,6-7H2,1-2H3. The van der Waals surface area contributed by atoms with Crippen LogP contribution >= 0.6 is 11.6 Å². The molecule has 0 bridgehead atoms. The molecule has 1 aromatic carbocycles. The molecular weight excluding hydrogens is 244 g/mol. The Kier molecular flexibility index (Phi) is 5.18. The summed E-state index contributed by atoms with van der Waals surface area (Å²) in [5.41, 5.74) is 0.542. The van der Waals surface area contributed by atoms with Crippen molar-refractivity contribution in [1.82, 2.24) is 5.32 Å². The molecule has 0 fully saturated rings. The molecule has 0 saturated heterocycles. The fourth-order valence-electron chi connectivity index (χ4n) is 1.38. The van der Waals surface area contributed by atoms with Gasteiger partial charge in [-0.3, -0.25) is 10.1 Å². The van der Waals surface area contributed by atoms with Gasteiger partial charge in [-0.2, -0.15) is 0 Å². The van der Waals surface area contributed by atoms with Crippen molar-refractivity contribution < 1.29 is 9.66 Å². The number of nitro groups is 1. The largest absolute Gasteiger partial charge is 0.485 e. The number of hydrogen-bond acceptors (Lipinski definition) is 4. The Labute approximate surface area is 105 Å². The molecule has 6 heteroatoms. The zero-order valence-corrected chi connectivity index (χ0v) is 10.6. The summed E-state index contributed by atoms with van der Waals surface area (Å²) in [7, 11) is 0. The van der Waals surface area contributed by atoms with E-state index in [1.165, 1.54) is 12.1 Å². The van der Waals surface area contributed by atoms with Crippen LogP contribution in [0.5, 0.6) is 5.75 Å². The van der Waals surface area contributed by atoms with Crippen LogP contribution in [0.2, 0.25) is 5.02 Å². The average molecular weight is 259 g/mol. The van der Waals surface area contributed by atoms with E-state index in [4.69, 9.17) is 16.3 Å². The van der Waals surface area contributed by atoms with Gasteiger partial charge in [-0.15, -0.1) is 0 Å². The van der Waals surface area contributed by atoms with Gasteiger partial charge in [0.25, 0.3) is 0 Å². The minimum absolute atomic E-state index is 0.0524. The van der Waals surface area contributed by atoms with Crippen LogP contribution in [0.25, 0.3) is 0 Å². The van der Waals surface area contributed by atoms with E-state index in [0.717, 1.165) is 6.54 Å². The summed E-state index contributed by atoms with van der Waals surface area (Å²) in [5.74, 6) is 0.250. The first-order chi connectivity index (χ1) is 8.07. The molecule has 0 aromatic heterocycles. The normalized spacial score (nSPS) is 10.3. The summed E-state index contributed by atoms with van der Waals surface area (Å²) < 4.78 is 5.42. The molecule has 1 N–H and O–H groups in total. The molecule has 5 nitrogen and oxygen atoms in total. The number of ether oxygens (including phenoxy) is 1. The van der Waals surface area contributed by atoms with Gasteiger partial charge in [0.15, 0.2) is 0 Å². The summed E-state index contributed by atoms with van der Waals surface area (Å²) >= 11 is 5.91. The molecule has 94 valence electrons. The Hall–Kier alpha value is -1.33. The number of nitrogens with one attached hydrogen (secondary N) is 1. The SMILES string of the molecule is CCNCCOc1c([N+](=O)[O-])ccc(Cl)c1C. The van der Waals surface area contributed by atoms with Gasteiger partial charge in [-0.25, -0.2) is 0 Å². The van der Waals surface area contributed by atoms with Gasteiger partial charge in [0.1, 0.15) is 6.61 Å². The summed E-state index contributed by atoms with van der Waals surface area (Å²) in [4.78, 5) is 10.4. The second-order valence-electron chi connectivity index (χ2n) is 3.48. The van der Waals surface area contributed by atoms with Crippen LogP contribution < -0.4 is 10.1 Å². The number of nitrogens with zero attached hydrogens (tertiary/aromatic N) is 1. The summed E-state index contributed by atoms with van der Waals surface area (Å²) in [6, 6.07) is 2.87. The molecule has 1 aromatic rings. The van der Waals surface area contributed by atoms with Crippen LogP contribution in [0, 0.1) is 17.0 Å². The summed E-state index contributed by atoms with van der Waals surface area (Å²) in [6.07, 6.45) is 0. The Balaban J connectivity index is 2.86. The molecule has 0 saturated carbocycles. The van der Waals surface area contributed by atoms with E-state index in [9.17, 15) is 10.1 Å². The van der Waals surface area contributed by atoms with E-state index in [0.29, 0.717) is 23.7 Å². The van der Waals surface area contributed by atoms with Gasteiger partial charge >= 0.3 is 5.69 Å². The predicted octanol–water partition coefficient (Wildman–Crippen LogP) is 2.54. The van der Waals surface area contributed by atoms with Crippen molar-refractivity contribution in [2.45, 2.75) is 13.8 Å². The van der Waals surface area contributed by atoms with E-state index in [-0.39, 0.29) is 11.4 Å². The Morgan fingerprint density at radius 3 is 2.82 bits per heavy atom. The predicted molar refractivity (Wildman–Crippen MR) is 66.9 cm³/mol. The quantitative estimate of drug-likeness (QED) is 0.484. The lowest BCUT2D eigenvalue weighted by atomic mass is 10.2. The molecule has 1 rings (SSSR count). The highest BCUT2D eigenvalue weighted by atomic mass is 35.5. The second-order valence-corrected chi connectivity index (χ2v) is 3.89. The van der Waals surface area contributed by atoms with Crippen LogP contribution in [-0.4, -0.2) is 24.6 Å². The fraction of sp³-hybridized carbons (Fsp3) is 0.455. The molecule has 0 aliphatic carbocycles. The number of rotatable bonds is 6. The fourth-order valence-corrected chi connectivity index (χ4v) is 1.53. The third kappa shape index (κ3) is 3.57. The molecule has 0 heterocycles. The molecule has 0 atom stereocenters. The highest BCUT2D eigenvalue weighted by Gasteiger charge is 2.19. The average Bonchev–Trinajstić information content (AvgIpc) is 2.29. The number of likely N-dealkylation sites (N-methyl/N-ethyl adjacent to an activating group) is 1. The van der Waals surface area contributed by atoms with Crippen molar-refractivity contribution in [2.24, 2.45) is 0 Å². The van der Waals surface area contributed by atoms with E-state index >= 15 is 0 Å². The summed E-state index contributed by atoms with van der Waals surface area (Å²) in [5, 5.41) is 14.4. The minimum atomic E-state index is -0.466. The van der Waals surface area contributed by atoms with Crippen molar-refractivity contribution in [3.8, 4) is 5.75 Å². The molecule has 0 unspecified atom stereocenters. The van der Waals surface area contributed by atoms with Gasteiger partial charge in [-0.1, -0.05) is 18.5 Å². The number of benzene rings is 1. The molecule has 17 heavy (non-hydrogen) atoms. The van der Waals surface area contributed by atoms with Crippen LogP contribution in [0.1, 0.15) is 12.5 Å². The van der Waals surface area contributed by atoms with Gasteiger partial charge in [0.2, 0.25) is 5.75 Å². The minimum Gasteiger partial charge on any atom is -0.485 e. The lowest BCUT2D eigenvalue weighted by molar-refractivity contribution is -0.385. The molecule has 0 radical (unpaired) electrons. The van der Waals surface area contributed by atoms with Crippen molar-refractivity contribution in [2.75, 3.05) is 19.7 Å². The monoisotopic (exact) mass is 258 g/mol. The van der Waals surface area contributed by atoms with Crippen molar-refractivity contribution in [3.05, 3.63) is 32.8 Å². The van der Waals surface area contributed by atoms with E-state index in [1.54, 1.807) is 6.92 Å². The first-order valence-corrected chi connectivity index (χ1v) is 5.72. The smallest absolute Gasteiger partial charge is 0.311 e. The first kappa shape index (κ1) is 13.7. The Morgan fingerprint density at radius 2 is 2.24 bits per heavy atom. The molecule has 0 spiro atoms. The van der Waals surface area contributed by atoms with Gasteiger partial charge in [0.05, 0.1) is 4.92 Å². The highest BCUT2D eigenvalue weighted by molar-refractivity contribution is 6.31. The maximum Gasteiger partial charge on any atom is 0.311 e.